The second kappa shape index (κ2) is 8.55. The summed E-state index contributed by atoms with van der Waals surface area (Å²) in [5, 5.41) is 17.7. The van der Waals surface area contributed by atoms with Crippen molar-refractivity contribution in [3.63, 3.8) is 0 Å². The smallest absolute Gasteiger partial charge is 0.256 e. The van der Waals surface area contributed by atoms with E-state index >= 15 is 0 Å². The van der Waals surface area contributed by atoms with E-state index in [0.29, 0.717) is 29.8 Å². The van der Waals surface area contributed by atoms with E-state index in [1.807, 2.05) is 31.2 Å². The second-order valence-corrected chi connectivity index (χ2v) is 7.55. The van der Waals surface area contributed by atoms with Crippen LogP contribution < -0.4 is 5.32 Å². The van der Waals surface area contributed by atoms with Crippen molar-refractivity contribution >= 4 is 11.6 Å². The van der Waals surface area contributed by atoms with Gasteiger partial charge in [-0.15, -0.1) is 0 Å². The van der Waals surface area contributed by atoms with Crippen molar-refractivity contribution in [3.05, 3.63) is 94.1 Å². The summed E-state index contributed by atoms with van der Waals surface area (Å²) in [6.45, 7) is 4.22. The number of aryl methyl sites for hydroxylation is 2. The summed E-state index contributed by atoms with van der Waals surface area (Å²) >= 11 is 0. The fourth-order valence-electron chi connectivity index (χ4n) is 3.49. The Hall–Kier alpha value is -3.74. The predicted octanol–water partition coefficient (Wildman–Crippen LogP) is 3.75. The number of nitrogens with zero attached hydrogens (tertiary/aromatic N) is 3. The van der Waals surface area contributed by atoms with Gasteiger partial charge in [-0.3, -0.25) is 4.79 Å². The topological polar surface area (TPSA) is 79.5 Å². The molecule has 2 aromatic carbocycles. The molecule has 0 fully saturated rings. The molecule has 0 atom stereocenters. The van der Waals surface area contributed by atoms with E-state index in [9.17, 15) is 14.3 Å². The Bertz CT molecular complexity index is 1250. The number of carbonyl (C=O) groups excluding carboxylic acids is 1. The average Bonchev–Trinajstić information content (AvgIpc) is 3.17. The van der Waals surface area contributed by atoms with Crippen LogP contribution in [0.25, 0.3) is 5.65 Å². The van der Waals surface area contributed by atoms with Gasteiger partial charge >= 0.3 is 0 Å². The molecule has 0 aliphatic rings. The number of benzene rings is 2. The summed E-state index contributed by atoms with van der Waals surface area (Å²) in [5.41, 5.74) is 4.29. The first kappa shape index (κ1) is 20.5. The van der Waals surface area contributed by atoms with Crippen LogP contribution in [0.15, 0.2) is 54.7 Å². The van der Waals surface area contributed by atoms with E-state index in [1.165, 1.54) is 22.3 Å². The Morgan fingerprint density at radius 3 is 2.61 bits per heavy atom. The lowest BCUT2D eigenvalue weighted by Crippen LogP contribution is -2.25. The Kier molecular flexibility index (Phi) is 5.66. The average molecular weight is 418 g/mol. The van der Waals surface area contributed by atoms with Crippen LogP contribution in [0.2, 0.25) is 0 Å². The molecule has 2 heterocycles. The van der Waals surface area contributed by atoms with Crippen molar-refractivity contribution in [2.24, 2.45) is 0 Å². The Morgan fingerprint density at radius 2 is 1.87 bits per heavy atom. The lowest BCUT2D eigenvalue weighted by atomic mass is 10.0. The van der Waals surface area contributed by atoms with Gasteiger partial charge in [0, 0.05) is 24.2 Å². The van der Waals surface area contributed by atoms with Gasteiger partial charge in [0.25, 0.3) is 5.91 Å². The number of fused-ring (bicyclic) bond motifs is 1. The molecule has 7 heteroatoms. The minimum Gasteiger partial charge on any atom is -0.493 e. The highest BCUT2D eigenvalue weighted by Gasteiger charge is 2.20. The summed E-state index contributed by atoms with van der Waals surface area (Å²) in [7, 11) is 0. The minimum atomic E-state index is -0.351. The number of carbonyl (C=O) groups is 1. The Labute approximate surface area is 179 Å². The molecule has 2 aromatic heterocycles. The van der Waals surface area contributed by atoms with Crippen LogP contribution in [0.5, 0.6) is 5.88 Å². The summed E-state index contributed by atoms with van der Waals surface area (Å²) in [5.74, 6) is -0.810. The van der Waals surface area contributed by atoms with Crippen molar-refractivity contribution < 1.29 is 14.3 Å². The van der Waals surface area contributed by atoms with Crippen molar-refractivity contribution in [1.82, 2.24) is 19.9 Å². The molecule has 0 aliphatic heterocycles. The summed E-state index contributed by atoms with van der Waals surface area (Å²) < 4.78 is 15.3. The molecule has 1 amide bonds. The van der Waals surface area contributed by atoms with Crippen LogP contribution in [-0.2, 0) is 12.8 Å². The third kappa shape index (κ3) is 4.26. The van der Waals surface area contributed by atoms with Crippen molar-refractivity contribution in [2.45, 2.75) is 26.7 Å². The van der Waals surface area contributed by atoms with Gasteiger partial charge in [-0.05, 0) is 37.5 Å². The maximum Gasteiger partial charge on any atom is 0.256 e. The van der Waals surface area contributed by atoms with Crippen LogP contribution in [0.1, 0.15) is 38.3 Å². The van der Waals surface area contributed by atoms with Crippen LogP contribution >= 0.6 is 0 Å². The number of aromatic nitrogens is 3. The number of aromatic hydroxyl groups is 1. The largest absolute Gasteiger partial charge is 0.493 e. The molecule has 158 valence electrons. The molecule has 31 heavy (non-hydrogen) atoms. The van der Waals surface area contributed by atoms with Gasteiger partial charge in [-0.1, -0.05) is 48.0 Å². The first-order valence-electron chi connectivity index (χ1n) is 10.1. The molecule has 0 saturated carbocycles. The highest BCUT2D eigenvalue weighted by atomic mass is 19.1. The number of hydrogen-bond acceptors (Lipinski definition) is 4. The molecule has 6 nitrogen and oxygen atoms in total. The van der Waals surface area contributed by atoms with Gasteiger partial charge in [0.05, 0.1) is 6.20 Å². The molecule has 0 bridgehead atoms. The van der Waals surface area contributed by atoms with Gasteiger partial charge in [-0.2, -0.15) is 9.61 Å². The molecular weight excluding hydrogens is 395 g/mol. The first-order valence-corrected chi connectivity index (χ1v) is 10.1. The van der Waals surface area contributed by atoms with E-state index in [2.05, 4.69) is 15.4 Å². The minimum absolute atomic E-state index is 0.149. The fourth-order valence-corrected chi connectivity index (χ4v) is 3.49. The molecule has 0 radical (unpaired) electrons. The molecule has 4 aromatic rings. The Balaban J connectivity index is 1.53. The third-order valence-corrected chi connectivity index (χ3v) is 5.31. The van der Waals surface area contributed by atoms with E-state index < -0.39 is 0 Å². The molecule has 2 N–H and O–H groups in total. The van der Waals surface area contributed by atoms with E-state index in [-0.39, 0.29) is 35.2 Å². The standard InChI is InChI=1S/C24H23FN4O2/c1-15-7-9-17(10-8-15)11-12-26-23(30)20-14-27-29-22(20)28-16(2)19(24(29)31)13-18-5-3-4-6-21(18)25/h3-10,14,31H,11-13H2,1-2H3,(H,26,30). The highest BCUT2D eigenvalue weighted by Crippen LogP contribution is 2.26. The molecule has 0 aliphatic carbocycles. The van der Waals surface area contributed by atoms with Crippen molar-refractivity contribution in [3.8, 4) is 5.88 Å². The molecule has 0 saturated heterocycles. The fraction of sp³-hybridized carbons (Fsp3) is 0.208. The molecule has 4 rings (SSSR count). The van der Waals surface area contributed by atoms with Gasteiger partial charge < -0.3 is 10.4 Å². The number of amides is 1. The second-order valence-electron chi connectivity index (χ2n) is 7.55. The summed E-state index contributed by atoms with van der Waals surface area (Å²) in [6.07, 6.45) is 2.26. The maximum atomic E-state index is 14.0. The molecule has 0 unspecified atom stereocenters. The van der Waals surface area contributed by atoms with Gasteiger partial charge in [0.15, 0.2) is 5.65 Å². The monoisotopic (exact) mass is 418 g/mol. The van der Waals surface area contributed by atoms with Gasteiger partial charge in [0.1, 0.15) is 11.4 Å². The zero-order valence-corrected chi connectivity index (χ0v) is 17.4. The van der Waals surface area contributed by atoms with Gasteiger partial charge in [0.2, 0.25) is 5.88 Å². The molecule has 0 spiro atoms. The molecular formula is C24H23FN4O2. The van der Waals surface area contributed by atoms with Gasteiger partial charge in [-0.25, -0.2) is 9.37 Å². The van der Waals surface area contributed by atoms with E-state index in [4.69, 9.17) is 0 Å². The lowest BCUT2D eigenvalue weighted by Gasteiger charge is -2.11. The third-order valence-electron chi connectivity index (χ3n) is 5.31. The van der Waals surface area contributed by atoms with E-state index in [0.717, 1.165) is 5.56 Å². The predicted molar refractivity (Wildman–Crippen MR) is 116 cm³/mol. The normalized spacial score (nSPS) is 11.1. The lowest BCUT2D eigenvalue weighted by molar-refractivity contribution is 0.0955. The maximum absolute atomic E-state index is 14.0. The SMILES string of the molecule is Cc1ccc(CCNC(=O)c2cnn3c(O)c(Cc4ccccc4F)c(C)nc23)cc1. The van der Waals surface area contributed by atoms with E-state index in [1.54, 1.807) is 25.1 Å². The number of hydrogen-bond donors (Lipinski definition) is 2. The van der Waals surface area contributed by atoms with Crippen LogP contribution in [0.3, 0.4) is 0 Å². The zero-order chi connectivity index (χ0) is 22.0. The van der Waals surface area contributed by atoms with Crippen molar-refractivity contribution in [2.75, 3.05) is 6.54 Å². The number of nitrogens with one attached hydrogen (secondary N) is 1. The van der Waals surface area contributed by atoms with Crippen molar-refractivity contribution in [1.29, 1.82) is 0 Å². The van der Waals surface area contributed by atoms with Crippen LogP contribution in [0.4, 0.5) is 4.39 Å². The Morgan fingerprint density at radius 1 is 1.13 bits per heavy atom. The number of rotatable bonds is 6. The highest BCUT2D eigenvalue weighted by molar-refractivity contribution is 5.99. The first-order chi connectivity index (χ1) is 14.9. The van der Waals surface area contributed by atoms with Crippen LogP contribution in [0, 0.1) is 19.7 Å². The number of halogens is 1. The van der Waals surface area contributed by atoms with Crippen LogP contribution in [-0.4, -0.2) is 32.2 Å². The quantitative estimate of drug-likeness (QED) is 0.500. The summed E-state index contributed by atoms with van der Waals surface area (Å²) in [6, 6.07) is 14.5. The zero-order valence-electron chi connectivity index (χ0n) is 17.4. The summed E-state index contributed by atoms with van der Waals surface area (Å²) in [4.78, 5) is 17.1.